The van der Waals surface area contributed by atoms with Crippen molar-refractivity contribution in [3.8, 4) is 0 Å². The first-order chi connectivity index (χ1) is 10.2. The van der Waals surface area contributed by atoms with E-state index in [1.807, 2.05) is 13.8 Å². The zero-order chi connectivity index (χ0) is 16.9. The summed E-state index contributed by atoms with van der Waals surface area (Å²) in [6.45, 7) is 9.65. The molecule has 2 N–H and O–H groups in total. The molecule has 0 bridgehead atoms. The minimum Gasteiger partial charge on any atom is -0.352 e. The Bertz CT molecular complexity index is 432. The summed E-state index contributed by atoms with van der Waals surface area (Å²) in [5, 5.41) is 5.58. The molecule has 1 atom stereocenters. The highest BCUT2D eigenvalue weighted by Gasteiger charge is 2.47. The van der Waals surface area contributed by atoms with Crippen LogP contribution in [0.15, 0.2) is 0 Å². The average molecular weight is 311 g/mol. The largest absolute Gasteiger partial charge is 0.352 e. The van der Waals surface area contributed by atoms with Gasteiger partial charge in [0.25, 0.3) is 5.91 Å². The molecule has 22 heavy (non-hydrogen) atoms. The number of amides is 4. The third-order valence-corrected chi connectivity index (χ3v) is 4.22. The SMILES string of the molecule is CCC(CC)NC(=O)CN1C(=O)NC(C)(CCC(C)C)C1=O. The van der Waals surface area contributed by atoms with Crippen LogP contribution in [0.2, 0.25) is 0 Å². The summed E-state index contributed by atoms with van der Waals surface area (Å²) in [6.07, 6.45) is 3.08. The second kappa shape index (κ2) is 7.61. The predicted octanol–water partition coefficient (Wildman–Crippen LogP) is 2.04. The normalized spacial score (nSPS) is 21.7. The molecule has 1 fully saturated rings. The fourth-order valence-electron chi connectivity index (χ4n) is 2.55. The predicted molar refractivity (Wildman–Crippen MR) is 85.2 cm³/mol. The van der Waals surface area contributed by atoms with Crippen LogP contribution in [0, 0.1) is 5.92 Å². The van der Waals surface area contributed by atoms with Crippen LogP contribution in [0.25, 0.3) is 0 Å². The van der Waals surface area contributed by atoms with E-state index < -0.39 is 11.6 Å². The molecule has 0 spiro atoms. The number of carbonyl (C=O) groups excluding carboxylic acids is 3. The summed E-state index contributed by atoms with van der Waals surface area (Å²) >= 11 is 0. The molecule has 0 aliphatic carbocycles. The lowest BCUT2D eigenvalue weighted by atomic mass is 9.92. The van der Waals surface area contributed by atoms with Crippen LogP contribution in [0.5, 0.6) is 0 Å². The standard InChI is InChI=1S/C16H29N3O3/c1-6-12(7-2)17-13(20)10-19-14(21)16(5,18-15(19)22)9-8-11(3)4/h11-12H,6-10H2,1-5H3,(H,17,20)(H,18,22). The molecule has 1 rings (SSSR count). The Morgan fingerprint density at radius 2 is 1.86 bits per heavy atom. The van der Waals surface area contributed by atoms with Gasteiger partial charge in [0, 0.05) is 6.04 Å². The van der Waals surface area contributed by atoms with Gasteiger partial charge in [-0.15, -0.1) is 0 Å². The van der Waals surface area contributed by atoms with Crippen molar-refractivity contribution in [1.29, 1.82) is 0 Å². The maximum atomic E-state index is 12.5. The lowest BCUT2D eigenvalue weighted by molar-refractivity contribution is -0.135. The first kappa shape index (κ1) is 18.5. The molecule has 1 aliphatic rings. The van der Waals surface area contributed by atoms with Crippen LogP contribution in [-0.4, -0.2) is 40.9 Å². The summed E-state index contributed by atoms with van der Waals surface area (Å²) < 4.78 is 0. The van der Waals surface area contributed by atoms with Crippen LogP contribution < -0.4 is 10.6 Å². The van der Waals surface area contributed by atoms with Gasteiger partial charge < -0.3 is 10.6 Å². The fourth-order valence-corrected chi connectivity index (χ4v) is 2.55. The summed E-state index contributed by atoms with van der Waals surface area (Å²) in [5.74, 6) is -0.142. The van der Waals surface area contributed by atoms with Crippen molar-refractivity contribution in [1.82, 2.24) is 15.5 Å². The molecule has 6 nitrogen and oxygen atoms in total. The molecule has 4 amide bonds. The number of hydrogen-bond donors (Lipinski definition) is 2. The summed E-state index contributed by atoms with van der Waals surface area (Å²) in [7, 11) is 0. The molecule has 1 saturated heterocycles. The van der Waals surface area contributed by atoms with Crippen molar-refractivity contribution >= 4 is 17.8 Å². The van der Waals surface area contributed by atoms with E-state index in [1.54, 1.807) is 6.92 Å². The molecule has 126 valence electrons. The third-order valence-electron chi connectivity index (χ3n) is 4.22. The molecule has 1 unspecified atom stereocenters. The van der Waals surface area contributed by atoms with Crippen LogP contribution in [-0.2, 0) is 9.59 Å². The highest BCUT2D eigenvalue weighted by molar-refractivity contribution is 6.08. The van der Waals surface area contributed by atoms with E-state index in [1.165, 1.54) is 0 Å². The van der Waals surface area contributed by atoms with Gasteiger partial charge in [-0.05, 0) is 38.5 Å². The lowest BCUT2D eigenvalue weighted by Crippen LogP contribution is -2.46. The Morgan fingerprint density at radius 1 is 1.27 bits per heavy atom. The Kier molecular flexibility index (Phi) is 6.38. The number of imide groups is 1. The average Bonchev–Trinajstić information content (AvgIpc) is 2.66. The van der Waals surface area contributed by atoms with Gasteiger partial charge in [-0.25, -0.2) is 4.79 Å². The number of urea groups is 1. The summed E-state index contributed by atoms with van der Waals surface area (Å²) in [4.78, 5) is 37.5. The second-order valence-corrected chi connectivity index (χ2v) is 6.67. The van der Waals surface area contributed by atoms with E-state index in [0.29, 0.717) is 12.3 Å². The van der Waals surface area contributed by atoms with Gasteiger partial charge in [0.15, 0.2) is 0 Å². The zero-order valence-corrected chi connectivity index (χ0v) is 14.4. The smallest absolute Gasteiger partial charge is 0.325 e. The molecule has 6 heteroatoms. The fraction of sp³-hybridized carbons (Fsp3) is 0.812. The summed E-state index contributed by atoms with van der Waals surface area (Å²) in [5.41, 5.74) is -0.892. The van der Waals surface area contributed by atoms with Crippen molar-refractivity contribution in [2.75, 3.05) is 6.54 Å². The van der Waals surface area contributed by atoms with Crippen molar-refractivity contribution < 1.29 is 14.4 Å². The maximum absolute atomic E-state index is 12.5. The van der Waals surface area contributed by atoms with Crippen molar-refractivity contribution in [2.24, 2.45) is 5.92 Å². The van der Waals surface area contributed by atoms with Gasteiger partial charge in [-0.1, -0.05) is 27.7 Å². The van der Waals surface area contributed by atoms with E-state index in [-0.39, 0.29) is 24.4 Å². The van der Waals surface area contributed by atoms with Crippen molar-refractivity contribution in [2.45, 2.75) is 71.9 Å². The van der Waals surface area contributed by atoms with E-state index in [4.69, 9.17) is 0 Å². The Balaban J connectivity index is 2.66. The topological polar surface area (TPSA) is 78.5 Å². The maximum Gasteiger partial charge on any atom is 0.325 e. The Morgan fingerprint density at radius 3 is 2.36 bits per heavy atom. The molecule has 0 aromatic carbocycles. The minimum atomic E-state index is -0.892. The van der Waals surface area contributed by atoms with Crippen LogP contribution in [0.3, 0.4) is 0 Å². The van der Waals surface area contributed by atoms with E-state index >= 15 is 0 Å². The second-order valence-electron chi connectivity index (χ2n) is 6.67. The molecule has 0 radical (unpaired) electrons. The van der Waals surface area contributed by atoms with Crippen LogP contribution >= 0.6 is 0 Å². The first-order valence-corrected chi connectivity index (χ1v) is 8.17. The molecule has 0 aromatic heterocycles. The molecule has 0 aromatic rings. The minimum absolute atomic E-state index is 0.0839. The van der Waals surface area contributed by atoms with Gasteiger partial charge >= 0.3 is 6.03 Å². The van der Waals surface area contributed by atoms with Gasteiger partial charge in [0.1, 0.15) is 12.1 Å². The monoisotopic (exact) mass is 311 g/mol. The lowest BCUT2D eigenvalue weighted by Gasteiger charge is -2.22. The van der Waals surface area contributed by atoms with E-state index in [2.05, 4.69) is 24.5 Å². The Labute approximate surface area is 133 Å². The highest BCUT2D eigenvalue weighted by Crippen LogP contribution is 2.24. The molecular weight excluding hydrogens is 282 g/mol. The molecule has 1 heterocycles. The molecule has 0 saturated carbocycles. The van der Waals surface area contributed by atoms with Gasteiger partial charge in [0.2, 0.25) is 5.91 Å². The van der Waals surface area contributed by atoms with Crippen molar-refractivity contribution in [3.05, 3.63) is 0 Å². The van der Waals surface area contributed by atoms with Gasteiger partial charge in [-0.3, -0.25) is 14.5 Å². The van der Waals surface area contributed by atoms with Crippen molar-refractivity contribution in [3.63, 3.8) is 0 Å². The number of nitrogens with one attached hydrogen (secondary N) is 2. The van der Waals surface area contributed by atoms with Crippen LogP contribution in [0.4, 0.5) is 4.79 Å². The van der Waals surface area contributed by atoms with E-state index in [0.717, 1.165) is 24.2 Å². The number of nitrogens with zero attached hydrogens (tertiary/aromatic N) is 1. The molecular formula is C16H29N3O3. The number of rotatable bonds is 8. The molecule has 1 aliphatic heterocycles. The third kappa shape index (κ3) is 4.45. The summed E-state index contributed by atoms with van der Waals surface area (Å²) in [6, 6.07) is -0.392. The first-order valence-electron chi connectivity index (χ1n) is 8.17. The number of carbonyl (C=O) groups is 3. The van der Waals surface area contributed by atoms with E-state index in [9.17, 15) is 14.4 Å². The zero-order valence-electron chi connectivity index (χ0n) is 14.4. The van der Waals surface area contributed by atoms with Crippen LogP contribution in [0.1, 0.15) is 60.3 Å². The van der Waals surface area contributed by atoms with Gasteiger partial charge in [-0.2, -0.15) is 0 Å². The highest BCUT2D eigenvalue weighted by atomic mass is 16.2. The quantitative estimate of drug-likeness (QED) is 0.673. The van der Waals surface area contributed by atoms with Gasteiger partial charge in [0.05, 0.1) is 0 Å². The Hall–Kier alpha value is -1.59. The number of hydrogen-bond acceptors (Lipinski definition) is 3.